The number of fused-ring (bicyclic) bond motifs is 6. The summed E-state index contributed by atoms with van der Waals surface area (Å²) in [5, 5.41) is 5.99. The largest absolute Gasteiger partial charge is 0.256 e. The molecule has 8 aromatic rings. The molecule has 0 unspecified atom stereocenters. The lowest BCUT2D eigenvalue weighted by molar-refractivity contribution is 0.660. The van der Waals surface area contributed by atoms with E-state index in [0.717, 1.165) is 33.4 Å². The summed E-state index contributed by atoms with van der Waals surface area (Å²) in [7, 11) is 0. The van der Waals surface area contributed by atoms with Crippen LogP contribution in [0.15, 0.2) is 146 Å². The Bertz CT molecular complexity index is 2410. The van der Waals surface area contributed by atoms with Crippen molar-refractivity contribution in [2.75, 3.05) is 0 Å². The fourth-order valence-corrected chi connectivity index (χ4v) is 7.52. The molecule has 0 saturated heterocycles. The van der Waals surface area contributed by atoms with Crippen molar-refractivity contribution in [1.29, 1.82) is 0 Å². The third-order valence-corrected chi connectivity index (χ3v) is 9.70. The normalized spacial score (nSPS) is 13.3. The van der Waals surface area contributed by atoms with Crippen LogP contribution in [0.4, 0.5) is 0 Å². The molecule has 0 radical (unpaired) electrons. The van der Waals surface area contributed by atoms with Gasteiger partial charge in [0.2, 0.25) is 0 Å². The van der Waals surface area contributed by atoms with Crippen molar-refractivity contribution in [3.05, 3.63) is 157 Å². The highest BCUT2D eigenvalue weighted by Gasteiger charge is 2.35. The molecule has 2 aromatic heterocycles. The zero-order valence-corrected chi connectivity index (χ0v) is 25.3. The monoisotopic (exact) mass is 574 g/mol. The van der Waals surface area contributed by atoms with Crippen LogP contribution in [0.2, 0.25) is 0 Å². The number of para-hydroxylation sites is 1. The first-order valence-corrected chi connectivity index (χ1v) is 15.6. The van der Waals surface area contributed by atoms with Crippen LogP contribution in [0.25, 0.3) is 77.2 Å². The van der Waals surface area contributed by atoms with Gasteiger partial charge < -0.3 is 0 Å². The summed E-state index contributed by atoms with van der Waals surface area (Å²) in [4.78, 5) is 9.99. The molecule has 6 aromatic carbocycles. The molecule has 0 fully saturated rings. The minimum atomic E-state index is -0.0601. The van der Waals surface area contributed by atoms with E-state index in [1.165, 1.54) is 54.9 Å². The number of pyridine rings is 2. The lowest BCUT2D eigenvalue weighted by atomic mass is 9.80. The van der Waals surface area contributed by atoms with E-state index < -0.39 is 0 Å². The number of nitrogens with zero attached hydrogens (tertiary/aromatic N) is 2. The Hall–Kier alpha value is -5.60. The zero-order chi connectivity index (χ0) is 30.1. The molecule has 1 aliphatic rings. The second-order valence-corrected chi connectivity index (χ2v) is 12.6. The van der Waals surface area contributed by atoms with Crippen LogP contribution in [-0.2, 0) is 5.41 Å². The van der Waals surface area contributed by atoms with Gasteiger partial charge in [0, 0.05) is 28.1 Å². The van der Waals surface area contributed by atoms with Gasteiger partial charge in [0.1, 0.15) is 0 Å². The fourth-order valence-electron chi connectivity index (χ4n) is 7.52. The molecule has 45 heavy (non-hydrogen) atoms. The standard InChI is InChI=1S/C43H30N2/c1-43(2)36-18-9-8-13-30(36)31-23-22-28(25-37(31)43)41-32-14-4-6-16-34(32)42(35-17-7-5-15-33(35)41)40-21-11-20-39(45-40)29-24-27-12-3-10-19-38(27)44-26-29/h3-26H,1-2H3. The predicted molar refractivity (Wildman–Crippen MR) is 188 cm³/mol. The first-order chi connectivity index (χ1) is 22.1. The Morgan fingerprint density at radius 3 is 1.87 bits per heavy atom. The van der Waals surface area contributed by atoms with Crippen molar-refractivity contribution in [3.8, 4) is 44.8 Å². The quantitative estimate of drug-likeness (QED) is 0.196. The number of benzene rings is 6. The topological polar surface area (TPSA) is 25.8 Å². The Morgan fingerprint density at radius 1 is 0.467 bits per heavy atom. The minimum Gasteiger partial charge on any atom is -0.256 e. The smallest absolute Gasteiger partial charge is 0.0725 e. The number of aromatic nitrogens is 2. The molecule has 0 saturated carbocycles. The third kappa shape index (κ3) is 3.89. The second kappa shape index (κ2) is 9.70. The highest BCUT2D eigenvalue weighted by molar-refractivity contribution is 6.21. The van der Waals surface area contributed by atoms with Gasteiger partial charge in [-0.1, -0.05) is 123 Å². The maximum absolute atomic E-state index is 5.27. The van der Waals surface area contributed by atoms with Crippen LogP contribution in [0, 0.1) is 0 Å². The minimum absolute atomic E-state index is 0.0601. The van der Waals surface area contributed by atoms with Crippen LogP contribution < -0.4 is 0 Å². The van der Waals surface area contributed by atoms with Crippen molar-refractivity contribution >= 4 is 32.4 Å². The van der Waals surface area contributed by atoms with Crippen molar-refractivity contribution in [2.24, 2.45) is 0 Å². The summed E-state index contributed by atoms with van der Waals surface area (Å²) >= 11 is 0. The Balaban J connectivity index is 1.27. The number of hydrogen-bond donors (Lipinski definition) is 0. The van der Waals surface area contributed by atoms with Gasteiger partial charge in [0.05, 0.1) is 16.9 Å². The van der Waals surface area contributed by atoms with Gasteiger partial charge in [-0.15, -0.1) is 0 Å². The maximum atomic E-state index is 5.27. The molecule has 212 valence electrons. The van der Waals surface area contributed by atoms with Crippen LogP contribution in [0.5, 0.6) is 0 Å². The number of hydrogen-bond acceptors (Lipinski definition) is 2. The molecule has 0 amide bonds. The summed E-state index contributed by atoms with van der Waals surface area (Å²) in [6.45, 7) is 4.70. The Morgan fingerprint density at radius 2 is 1.09 bits per heavy atom. The second-order valence-electron chi connectivity index (χ2n) is 12.6. The SMILES string of the molecule is CC1(C)c2ccccc2-c2ccc(-c3c4ccccc4c(-c4cccc(-c5cnc6ccccc6c5)n4)c4ccccc34)cc21. The van der Waals surface area contributed by atoms with Crippen LogP contribution in [0.1, 0.15) is 25.0 Å². The molecule has 2 nitrogen and oxygen atoms in total. The van der Waals surface area contributed by atoms with Gasteiger partial charge in [-0.3, -0.25) is 4.98 Å². The number of rotatable bonds is 3. The van der Waals surface area contributed by atoms with Crippen molar-refractivity contribution < 1.29 is 0 Å². The summed E-state index contributed by atoms with van der Waals surface area (Å²) in [5.41, 5.74) is 13.0. The molecule has 0 bridgehead atoms. The average Bonchev–Trinajstić information content (AvgIpc) is 3.32. The van der Waals surface area contributed by atoms with Crippen molar-refractivity contribution in [2.45, 2.75) is 19.3 Å². The third-order valence-electron chi connectivity index (χ3n) is 9.70. The molecule has 2 heterocycles. The highest BCUT2D eigenvalue weighted by atomic mass is 14.7. The van der Waals surface area contributed by atoms with Gasteiger partial charge >= 0.3 is 0 Å². The lowest BCUT2D eigenvalue weighted by Gasteiger charge is -2.23. The average molecular weight is 575 g/mol. The Kier molecular flexibility index (Phi) is 5.58. The summed E-state index contributed by atoms with van der Waals surface area (Å²) in [6, 6.07) is 50.3. The fraction of sp³-hybridized carbons (Fsp3) is 0.0698. The molecule has 9 rings (SSSR count). The maximum Gasteiger partial charge on any atom is 0.0725 e. The predicted octanol–water partition coefficient (Wildman–Crippen LogP) is 11.2. The van der Waals surface area contributed by atoms with E-state index in [1.807, 2.05) is 18.3 Å². The molecule has 2 heteroatoms. The lowest BCUT2D eigenvalue weighted by Crippen LogP contribution is -2.14. The van der Waals surface area contributed by atoms with E-state index in [1.54, 1.807) is 0 Å². The molecule has 0 N–H and O–H groups in total. The van der Waals surface area contributed by atoms with Gasteiger partial charge in [-0.25, -0.2) is 4.98 Å². The van der Waals surface area contributed by atoms with Crippen molar-refractivity contribution in [3.63, 3.8) is 0 Å². The van der Waals surface area contributed by atoms with E-state index in [4.69, 9.17) is 9.97 Å². The first kappa shape index (κ1) is 25.9. The van der Waals surface area contributed by atoms with E-state index in [-0.39, 0.29) is 5.41 Å². The summed E-state index contributed by atoms with van der Waals surface area (Å²) in [6.07, 6.45) is 1.93. The highest BCUT2D eigenvalue weighted by Crippen LogP contribution is 2.51. The zero-order valence-electron chi connectivity index (χ0n) is 25.3. The first-order valence-electron chi connectivity index (χ1n) is 15.6. The molecule has 1 aliphatic carbocycles. The van der Waals surface area contributed by atoms with E-state index in [0.29, 0.717) is 0 Å². The Labute approximate surface area is 262 Å². The molecular weight excluding hydrogens is 544 g/mol. The molecular formula is C43H30N2. The van der Waals surface area contributed by atoms with Crippen molar-refractivity contribution in [1.82, 2.24) is 9.97 Å². The van der Waals surface area contributed by atoms with Gasteiger partial charge in [0.15, 0.2) is 0 Å². The van der Waals surface area contributed by atoms with Crippen LogP contribution in [-0.4, -0.2) is 9.97 Å². The molecule has 0 spiro atoms. The van der Waals surface area contributed by atoms with E-state index in [2.05, 4.69) is 141 Å². The summed E-state index contributed by atoms with van der Waals surface area (Å²) < 4.78 is 0. The van der Waals surface area contributed by atoms with Gasteiger partial charge in [-0.05, 0) is 85.3 Å². The van der Waals surface area contributed by atoms with E-state index >= 15 is 0 Å². The molecule has 0 atom stereocenters. The van der Waals surface area contributed by atoms with Gasteiger partial charge in [-0.2, -0.15) is 0 Å². The van der Waals surface area contributed by atoms with Crippen LogP contribution >= 0.6 is 0 Å². The van der Waals surface area contributed by atoms with Gasteiger partial charge in [0.25, 0.3) is 0 Å². The molecule has 0 aliphatic heterocycles. The van der Waals surface area contributed by atoms with Crippen LogP contribution in [0.3, 0.4) is 0 Å². The summed E-state index contributed by atoms with van der Waals surface area (Å²) in [5.74, 6) is 0. The van der Waals surface area contributed by atoms with E-state index in [9.17, 15) is 0 Å².